The number of hydrogen-bond acceptors (Lipinski definition) is 6. The largest absolute Gasteiger partial charge is 0.497 e. The van der Waals surface area contributed by atoms with Crippen LogP contribution in [0.3, 0.4) is 0 Å². The van der Waals surface area contributed by atoms with Gasteiger partial charge in [-0.1, -0.05) is 12.1 Å². The molecule has 0 saturated carbocycles. The second kappa shape index (κ2) is 8.64. The summed E-state index contributed by atoms with van der Waals surface area (Å²) in [5, 5.41) is 4.87. The highest BCUT2D eigenvalue weighted by Crippen LogP contribution is 2.20. The molecule has 0 radical (unpaired) electrons. The zero-order valence-corrected chi connectivity index (χ0v) is 16.2. The molecule has 152 valence electrons. The lowest BCUT2D eigenvalue weighted by atomic mass is 9.93. The number of urea groups is 1. The molecule has 2 aromatic carbocycles. The van der Waals surface area contributed by atoms with E-state index in [1.54, 1.807) is 50.4 Å². The molecule has 1 aliphatic heterocycles. The first-order valence-electron chi connectivity index (χ1n) is 9.08. The number of rotatable bonds is 8. The number of methoxy groups -OCH3 is 1. The summed E-state index contributed by atoms with van der Waals surface area (Å²) in [6.45, 7) is 1.47. The third kappa shape index (κ3) is 5.25. The van der Waals surface area contributed by atoms with Gasteiger partial charge in [-0.2, -0.15) is 0 Å². The summed E-state index contributed by atoms with van der Waals surface area (Å²) in [6, 6.07) is 13.4. The minimum atomic E-state index is -0.916. The number of aryl methyl sites for hydroxylation is 1. The van der Waals surface area contributed by atoms with E-state index >= 15 is 0 Å². The molecular formula is C21H22N2O6. The Morgan fingerprint density at radius 2 is 1.59 bits per heavy atom. The quantitative estimate of drug-likeness (QED) is 0.402. The molecule has 29 heavy (non-hydrogen) atoms. The van der Waals surface area contributed by atoms with Crippen molar-refractivity contribution in [1.82, 2.24) is 10.6 Å². The Balaban J connectivity index is 1.46. The van der Waals surface area contributed by atoms with Gasteiger partial charge in [0.2, 0.25) is 0 Å². The predicted molar refractivity (Wildman–Crippen MR) is 104 cm³/mol. The van der Waals surface area contributed by atoms with Crippen molar-refractivity contribution in [2.75, 3.05) is 13.7 Å². The highest BCUT2D eigenvalue weighted by Gasteiger charge is 2.41. The van der Waals surface area contributed by atoms with Gasteiger partial charge in [-0.15, -0.1) is 0 Å². The molecule has 0 unspecified atom stereocenters. The van der Waals surface area contributed by atoms with E-state index in [0.29, 0.717) is 30.1 Å². The van der Waals surface area contributed by atoms with Gasteiger partial charge >= 0.3 is 12.0 Å². The number of benzene rings is 2. The van der Waals surface area contributed by atoms with E-state index in [4.69, 9.17) is 14.2 Å². The van der Waals surface area contributed by atoms with Crippen LogP contribution in [0.4, 0.5) is 4.79 Å². The summed E-state index contributed by atoms with van der Waals surface area (Å²) >= 11 is 0. The number of esters is 1. The summed E-state index contributed by atoms with van der Waals surface area (Å²) < 4.78 is 15.7. The molecule has 2 aromatic rings. The number of ether oxygens (including phenoxy) is 3. The van der Waals surface area contributed by atoms with Crippen molar-refractivity contribution in [2.45, 2.75) is 25.3 Å². The Hall–Kier alpha value is -3.55. The molecule has 1 heterocycles. The van der Waals surface area contributed by atoms with Crippen LogP contribution in [0.25, 0.3) is 0 Å². The molecule has 8 nitrogen and oxygen atoms in total. The van der Waals surface area contributed by atoms with Gasteiger partial charge in [-0.05, 0) is 61.7 Å². The van der Waals surface area contributed by atoms with Crippen molar-refractivity contribution in [3.05, 3.63) is 54.1 Å². The molecule has 1 aliphatic rings. The number of hydrogen-bond donors (Lipinski definition) is 2. The zero-order chi connectivity index (χ0) is 20.9. The van der Waals surface area contributed by atoms with Crippen molar-refractivity contribution in [3.8, 4) is 17.2 Å². The fraction of sp³-hybridized carbons (Fsp3) is 0.286. The lowest BCUT2D eigenvalue weighted by Gasteiger charge is -2.20. The monoisotopic (exact) mass is 398 g/mol. The van der Waals surface area contributed by atoms with Crippen LogP contribution >= 0.6 is 0 Å². The molecule has 0 spiro atoms. The van der Waals surface area contributed by atoms with Gasteiger partial charge in [-0.25, -0.2) is 9.59 Å². The number of amides is 3. The summed E-state index contributed by atoms with van der Waals surface area (Å²) in [6.07, 6.45) is 1.04. The number of nitrogens with one attached hydrogen (secondary N) is 2. The van der Waals surface area contributed by atoms with E-state index in [1.165, 1.54) is 0 Å². The van der Waals surface area contributed by atoms with Crippen LogP contribution in [0.5, 0.6) is 17.2 Å². The zero-order valence-electron chi connectivity index (χ0n) is 16.2. The molecule has 0 aromatic heterocycles. The molecule has 1 atom stereocenters. The van der Waals surface area contributed by atoms with Gasteiger partial charge in [0.25, 0.3) is 5.91 Å². The van der Waals surface area contributed by atoms with E-state index in [0.717, 1.165) is 5.56 Å². The third-order valence-electron chi connectivity index (χ3n) is 4.60. The molecule has 2 N–H and O–H groups in total. The molecule has 3 rings (SSSR count). The minimum Gasteiger partial charge on any atom is -0.497 e. The number of carbonyl (C=O) groups is 3. The van der Waals surface area contributed by atoms with E-state index < -0.39 is 17.5 Å². The van der Waals surface area contributed by atoms with Crippen molar-refractivity contribution in [1.29, 1.82) is 0 Å². The van der Waals surface area contributed by atoms with Crippen LogP contribution < -0.4 is 24.8 Å². The molecule has 0 bridgehead atoms. The first kappa shape index (κ1) is 20.2. The highest BCUT2D eigenvalue weighted by molar-refractivity contribution is 6.06. The second-order valence-electron chi connectivity index (χ2n) is 6.82. The highest BCUT2D eigenvalue weighted by atomic mass is 16.6. The van der Waals surface area contributed by atoms with Crippen molar-refractivity contribution < 1.29 is 28.6 Å². The minimum absolute atomic E-state index is 0.221. The summed E-state index contributed by atoms with van der Waals surface area (Å²) in [7, 11) is 1.57. The van der Waals surface area contributed by atoms with Gasteiger partial charge in [0.1, 0.15) is 22.8 Å². The van der Waals surface area contributed by atoms with E-state index in [9.17, 15) is 14.4 Å². The first-order valence-corrected chi connectivity index (χ1v) is 9.08. The Morgan fingerprint density at radius 3 is 2.17 bits per heavy atom. The van der Waals surface area contributed by atoms with Gasteiger partial charge in [-0.3, -0.25) is 10.1 Å². The molecule has 1 saturated heterocycles. The van der Waals surface area contributed by atoms with E-state index in [2.05, 4.69) is 10.6 Å². The Labute approximate surface area is 168 Å². The smallest absolute Gasteiger partial charge is 0.349 e. The summed E-state index contributed by atoms with van der Waals surface area (Å²) in [4.78, 5) is 35.1. The topological polar surface area (TPSA) is 103 Å². The van der Waals surface area contributed by atoms with Gasteiger partial charge in [0.15, 0.2) is 6.61 Å². The lowest BCUT2D eigenvalue weighted by Crippen LogP contribution is -2.43. The normalized spacial score (nSPS) is 18.0. The molecule has 3 amide bonds. The van der Waals surface area contributed by atoms with Crippen molar-refractivity contribution >= 4 is 17.9 Å². The van der Waals surface area contributed by atoms with Crippen LogP contribution in [0.15, 0.2) is 48.5 Å². The van der Waals surface area contributed by atoms with Crippen LogP contribution in [0.2, 0.25) is 0 Å². The summed E-state index contributed by atoms with van der Waals surface area (Å²) in [5.41, 5.74) is 0.0375. The number of carbonyl (C=O) groups excluding carboxylic acids is 3. The molecular weight excluding hydrogens is 376 g/mol. The molecule has 0 aliphatic carbocycles. The molecule has 8 heteroatoms. The average Bonchev–Trinajstić information content (AvgIpc) is 2.98. The Bertz CT molecular complexity index is 894. The maximum atomic E-state index is 11.9. The standard InChI is InChI=1S/C21H22N2O6/c1-21(19(25)22-20(26)23-21)12-11-14-3-5-17(6-4-14)29-18(24)13-28-16-9-7-15(27-2)8-10-16/h3-10H,11-13H2,1-2H3,(H2,22,23,25,26)/t21-/m0/s1. The van der Waals surface area contributed by atoms with Crippen LogP contribution in [-0.2, 0) is 16.0 Å². The van der Waals surface area contributed by atoms with Gasteiger partial charge in [0.05, 0.1) is 7.11 Å². The van der Waals surface area contributed by atoms with Crippen LogP contribution in [0, 0.1) is 0 Å². The van der Waals surface area contributed by atoms with Crippen LogP contribution in [-0.4, -0.2) is 37.2 Å². The summed E-state index contributed by atoms with van der Waals surface area (Å²) in [5.74, 6) is 0.783. The Kier molecular flexibility index (Phi) is 6.01. The molecule has 1 fully saturated rings. The van der Waals surface area contributed by atoms with Crippen molar-refractivity contribution in [2.24, 2.45) is 0 Å². The Morgan fingerprint density at radius 1 is 0.966 bits per heavy atom. The second-order valence-corrected chi connectivity index (χ2v) is 6.82. The first-order chi connectivity index (χ1) is 13.9. The van der Waals surface area contributed by atoms with Gasteiger partial charge in [0, 0.05) is 0 Å². The fourth-order valence-corrected chi connectivity index (χ4v) is 2.85. The third-order valence-corrected chi connectivity index (χ3v) is 4.60. The lowest BCUT2D eigenvalue weighted by molar-refractivity contribution is -0.136. The fourth-order valence-electron chi connectivity index (χ4n) is 2.85. The van der Waals surface area contributed by atoms with Crippen molar-refractivity contribution in [3.63, 3.8) is 0 Å². The van der Waals surface area contributed by atoms with E-state index in [1.807, 2.05) is 12.1 Å². The maximum absolute atomic E-state index is 11.9. The van der Waals surface area contributed by atoms with Crippen LogP contribution in [0.1, 0.15) is 18.9 Å². The maximum Gasteiger partial charge on any atom is 0.349 e. The van der Waals surface area contributed by atoms with E-state index in [-0.39, 0.29) is 12.5 Å². The van der Waals surface area contributed by atoms with Gasteiger partial charge < -0.3 is 19.5 Å². The average molecular weight is 398 g/mol. The number of imide groups is 1. The SMILES string of the molecule is COc1ccc(OCC(=O)Oc2ccc(CC[C@]3(C)NC(=O)NC3=O)cc2)cc1. The predicted octanol–water partition coefficient (Wildman–Crippen LogP) is 2.21.